The van der Waals surface area contributed by atoms with Gasteiger partial charge in [-0.25, -0.2) is 0 Å². The van der Waals surface area contributed by atoms with Crippen LogP contribution in [-0.2, 0) is 4.79 Å². The van der Waals surface area contributed by atoms with Crippen LogP contribution in [0.15, 0.2) is 0 Å². The van der Waals surface area contributed by atoms with Crippen LogP contribution < -0.4 is 0 Å². The van der Waals surface area contributed by atoms with Crippen LogP contribution in [0.1, 0.15) is 27.7 Å². The Morgan fingerprint density at radius 1 is 1.43 bits per heavy atom. The highest BCUT2D eigenvalue weighted by Gasteiger charge is 2.27. The van der Waals surface area contributed by atoms with Crippen molar-refractivity contribution in [1.29, 1.82) is 0 Å². The Morgan fingerprint density at radius 3 is 2.50 bits per heavy atom. The van der Waals surface area contributed by atoms with Crippen molar-refractivity contribution in [3.05, 3.63) is 0 Å². The van der Waals surface area contributed by atoms with Crippen LogP contribution in [0.2, 0.25) is 0 Å². The molecule has 0 aromatic heterocycles. The van der Waals surface area contributed by atoms with Crippen LogP contribution >= 0.6 is 0 Å². The number of rotatable bonds is 2. The quantitative estimate of drug-likeness (QED) is 0.665. The summed E-state index contributed by atoms with van der Waals surface area (Å²) in [6, 6.07) is 0.374. The van der Waals surface area contributed by atoms with E-state index in [-0.39, 0.29) is 5.92 Å². The van der Waals surface area contributed by atoms with E-state index in [1.807, 2.05) is 18.7 Å². The lowest BCUT2D eigenvalue weighted by Gasteiger charge is -2.40. The Balaban J connectivity index is 2.53. The number of carbonyl (C=O) groups excluding carboxylic acids is 1. The van der Waals surface area contributed by atoms with Gasteiger partial charge in [0.05, 0.1) is 0 Å². The minimum absolute atomic E-state index is 0.130. The van der Waals surface area contributed by atoms with Crippen LogP contribution in [0, 0.1) is 5.92 Å². The second kappa shape index (κ2) is 4.78. The van der Waals surface area contributed by atoms with Crippen molar-refractivity contribution in [2.45, 2.75) is 33.7 Å². The van der Waals surface area contributed by atoms with Gasteiger partial charge in [-0.15, -0.1) is 0 Å². The number of amides is 1. The highest BCUT2D eigenvalue weighted by atomic mass is 16.2. The van der Waals surface area contributed by atoms with Gasteiger partial charge in [0.25, 0.3) is 0 Å². The first-order valence-corrected chi connectivity index (χ1v) is 5.59. The Kier molecular flexibility index (Phi) is 3.93. The molecule has 1 heterocycles. The molecule has 0 bridgehead atoms. The standard InChI is InChI=1S/C11H22N2O/c1-5-12-6-7-13(10(4)8-12)11(14)9(2)3/h9-10H,5-8H2,1-4H3/t10-/m1/s1. The van der Waals surface area contributed by atoms with E-state index in [9.17, 15) is 4.79 Å². The number of hydrogen-bond donors (Lipinski definition) is 0. The molecular formula is C11H22N2O. The molecule has 1 atom stereocenters. The van der Waals surface area contributed by atoms with E-state index in [4.69, 9.17) is 0 Å². The molecule has 0 aliphatic carbocycles. The molecule has 0 saturated carbocycles. The Labute approximate surface area is 87.1 Å². The first-order valence-electron chi connectivity index (χ1n) is 5.59. The van der Waals surface area contributed by atoms with Crippen LogP contribution in [0.4, 0.5) is 0 Å². The smallest absolute Gasteiger partial charge is 0.225 e. The Morgan fingerprint density at radius 2 is 2.07 bits per heavy atom. The fourth-order valence-electron chi connectivity index (χ4n) is 1.98. The lowest BCUT2D eigenvalue weighted by Crippen LogP contribution is -2.54. The van der Waals surface area contributed by atoms with E-state index in [1.165, 1.54) is 0 Å². The van der Waals surface area contributed by atoms with Crippen molar-refractivity contribution in [2.75, 3.05) is 26.2 Å². The molecule has 1 aliphatic rings. The SMILES string of the molecule is CCN1CCN(C(=O)C(C)C)[C@H](C)C1. The summed E-state index contributed by atoms with van der Waals surface area (Å²) in [5.41, 5.74) is 0. The number of nitrogens with zero attached hydrogens (tertiary/aromatic N) is 2. The molecule has 1 aliphatic heterocycles. The van der Waals surface area contributed by atoms with Gasteiger partial charge in [0, 0.05) is 31.6 Å². The highest BCUT2D eigenvalue weighted by Crippen LogP contribution is 2.12. The summed E-state index contributed by atoms with van der Waals surface area (Å²) < 4.78 is 0. The van der Waals surface area contributed by atoms with Crippen LogP contribution in [0.5, 0.6) is 0 Å². The van der Waals surface area contributed by atoms with Gasteiger partial charge in [0.1, 0.15) is 0 Å². The fraction of sp³-hybridized carbons (Fsp3) is 0.909. The molecule has 14 heavy (non-hydrogen) atoms. The molecular weight excluding hydrogens is 176 g/mol. The van der Waals surface area contributed by atoms with E-state index in [2.05, 4.69) is 18.7 Å². The molecule has 1 fully saturated rings. The molecule has 3 heteroatoms. The van der Waals surface area contributed by atoms with Gasteiger partial charge in [-0.05, 0) is 13.5 Å². The highest BCUT2D eigenvalue weighted by molar-refractivity contribution is 5.78. The van der Waals surface area contributed by atoms with E-state index in [0.717, 1.165) is 26.2 Å². The van der Waals surface area contributed by atoms with Gasteiger partial charge < -0.3 is 4.90 Å². The molecule has 3 nitrogen and oxygen atoms in total. The summed E-state index contributed by atoms with van der Waals surface area (Å²) in [6.07, 6.45) is 0. The first kappa shape index (κ1) is 11.5. The molecule has 82 valence electrons. The maximum absolute atomic E-state index is 11.8. The molecule has 0 unspecified atom stereocenters. The minimum atomic E-state index is 0.130. The number of piperazine rings is 1. The van der Waals surface area contributed by atoms with E-state index in [0.29, 0.717) is 11.9 Å². The zero-order chi connectivity index (χ0) is 10.7. The van der Waals surface area contributed by atoms with Gasteiger partial charge in [0.15, 0.2) is 0 Å². The summed E-state index contributed by atoms with van der Waals surface area (Å²) in [7, 11) is 0. The summed E-state index contributed by atoms with van der Waals surface area (Å²) in [4.78, 5) is 16.2. The summed E-state index contributed by atoms with van der Waals surface area (Å²) in [5, 5.41) is 0. The maximum Gasteiger partial charge on any atom is 0.225 e. The molecule has 0 aromatic rings. The summed E-state index contributed by atoms with van der Waals surface area (Å²) in [6.45, 7) is 12.3. The second-order valence-corrected chi connectivity index (χ2v) is 4.43. The van der Waals surface area contributed by atoms with Crippen molar-refractivity contribution in [3.8, 4) is 0 Å². The topological polar surface area (TPSA) is 23.6 Å². The predicted octanol–water partition coefficient (Wildman–Crippen LogP) is 1.19. The lowest BCUT2D eigenvalue weighted by atomic mass is 10.1. The normalized spacial score (nSPS) is 24.4. The van der Waals surface area contributed by atoms with E-state index >= 15 is 0 Å². The third-order valence-corrected chi connectivity index (χ3v) is 2.94. The van der Waals surface area contributed by atoms with Crippen molar-refractivity contribution >= 4 is 5.91 Å². The van der Waals surface area contributed by atoms with Gasteiger partial charge >= 0.3 is 0 Å². The number of likely N-dealkylation sites (N-methyl/N-ethyl adjacent to an activating group) is 1. The average Bonchev–Trinajstić information content (AvgIpc) is 2.16. The molecule has 1 rings (SSSR count). The van der Waals surface area contributed by atoms with Crippen molar-refractivity contribution in [2.24, 2.45) is 5.92 Å². The maximum atomic E-state index is 11.8. The second-order valence-electron chi connectivity index (χ2n) is 4.43. The number of carbonyl (C=O) groups is 1. The number of hydrogen-bond acceptors (Lipinski definition) is 2. The minimum Gasteiger partial charge on any atom is -0.337 e. The van der Waals surface area contributed by atoms with Gasteiger partial charge in [0.2, 0.25) is 5.91 Å². The average molecular weight is 198 g/mol. The van der Waals surface area contributed by atoms with Crippen molar-refractivity contribution in [1.82, 2.24) is 9.80 Å². The van der Waals surface area contributed by atoms with Crippen LogP contribution in [0.25, 0.3) is 0 Å². The molecule has 1 amide bonds. The Hall–Kier alpha value is -0.570. The molecule has 0 radical (unpaired) electrons. The van der Waals surface area contributed by atoms with Crippen LogP contribution in [0.3, 0.4) is 0 Å². The predicted molar refractivity (Wildman–Crippen MR) is 58.1 cm³/mol. The summed E-state index contributed by atoms with van der Waals surface area (Å²) >= 11 is 0. The van der Waals surface area contributed by atoms with Gasteiger partial charge in [-0.2, -0.15) is 0 Å². The zero-order valence-electron chi connectivity index (χ0n) is 9.79. The van der Waals surface area contributed by atoms with Crippen molar-refractivity contribution < 1.29 is 4.79 Å². The third kappa shape index (κ3) is 2.47. The van der Waals surface area contributed by atoms with Crippen molar-refractivity contribution in [3.63, 3.8) is 0 Å². The van der Waals surface area contributed by atoms with Gasteiger partial charge in [-0.3, -0.25) is 9.69 Å². The Bertz CT molecular complexity index is 203. The largest absolute Gasteiger partial charge is 0.337 e. The fourth-order valence-corrected chi connectivity index (χ4v) is 1.98. The lowest BCUT2D eigenvalue weighted by molar-refractivity contribution is -0.138. The first-order chi connectivity index (χ1) is 6.56. The molecule has 0 aromatic carbocycles. The van der Waals surface area contributed by atoms with Crippen LogP contribution in [-0.4, -0.2) is 47.9 Å². The van der Waals surface area contributed by atoms with E-state index in [1.54, 1.807) is 0 Å². The third-order valence-electron chi connectivity index (χ3n) is 2.94. The monoisotopic (exact) mass is 198 g/mol. The molecule has 0 spiro atoms. The molecule has 1 saturated heterocycles. The van der Waals surface area contributed by atoms with E-state index < -0.39 is 0 Å². The zero-order valence-corrected chi connectivity index (χ0v) is 9.79. The summed E-state index contributed by atoms with van der Waals surface area (Å²) in [5.74, 6) is 0.430. The van der Waals surface area contributed by atoms with Gasteiger partial charge in [-0.1, -0.05) is 20.8 Å². The molecule has 0 N–H and O–H groups in total.